The molecule has 0 unspecified atom stereocenters. The fourth-order valence-corrected chi connectivity index (χ4v) is 2.82. The zero-order chi connectivity index (χ0) is 17.3. The summed E-state index contributed by atoms with van der Waals surface area (Å²) in [5.41, 5.74) is 5.08. The van der Waals surface area contributed by atoms with Gasteiger partial charge in [0.15, 0.2) is 0 Å². The van der Waals surface area contributed by atoms with E-state index in [2.05, 4.69) is 15.1 Å². The monoisotopic (exact) mass is 327 g/mol. The van der Waals surface area contributed by atoms with Crippen LogP contribution in [0.2, 0.25) is 0 Å². The molecule has 2 aromatic heterocycles. The molecule has 0 spiro atoms. The Morgan fingerprint density at radius 2 is 1.29 bits per heavy atom. The first-order valence-electron chi connectivity index (χ1n) is 7.95. The van der Waals surface area contributed by atoms with Crippen LogP contribution in [0.5, 0.6) is 0 Å². The third kappa shape index (κ3) is 3.48. The second kappa shape index (κ2) is 6.47. The molecular formula is C18H22FN5. The maximum atomic E-state index is 13.3. The van der Waals surface area contributed by atoms with Gasteiger partial charge in [-0.2, -0.15) is 10.2 Å². The second-order valence-corrected chi connectivity index (χ2v) is 6.15. The van der Waals surface area contributed by atoms with Gasteiger partial charge in [0.05, 0.1) is 11.4 Å². The molecule has 0 bridgehead atoms. The first-order chi connectivity index (χ1) is 11.4. The normalized spacial score (nSPS) is 11.0. The zero-order valence-electron chi connectivity index (χ0n) is 14.5. The number of nitrogens with zero attached hydrogens (tertiary/aromatic N) is 5. The molecule has 0 amide bonds. The number of hydrogen-bond donors (Lipinski definition) is 0. The van der Waals surface area contributed by atoms with Crippen molar-refractivity contribution in [2.24, 2.45) is 0 Å². The smallest absolute Gasteiger partial charge is 0.123 e. The third-order valence-electron chi connectivity index (χ3n) is 4.01. The Morgan fingerprint density at radius 3 is 1.67 bits per heavy atom. The average molecular weight is 327 g/mol. The highest BCUT2D eigenvalue weighted by atomic mass is 19.1. The lowest BCUT2D eigenvalue weighted by Gasteiger charge is -2.26. The number of halogens is 1. The number of rotatable bonds is 5. The fourth-order valence-electron chi connectivity index (χ4n) is 2.82. The van der Waals surface area contributed by atoms with Crippen LogP contribution in [-0.2, 0) is 13.3 Å². The SMILES string of the molecule is Cc1cc(C)n(CN(Cn2nc(C)cc2C)c2ccc(F)cc2)n1. The average Bonchev–Trinajstić information content (AvgIpc) is 3.00. The van der Waals surface area contributed by atoms with Crippen LogP contribution < -0.4 is 4.90 Å². The van der Waals surface area contributed by atoms with Crippen molar-refractivity contribution in [2.45, 2.75) is 41.0 Å². The molecule has 1 aromatic carbocycles. The number of aryl methyl sites for hydroxylation is 4. The maximum Gasteiger partial charge on any atom is 0.123 e. The van der Waals surface area contributed by atoms with E-state index in [1.807, 2.05) is 49.2 Å². The van der Waals surface area contributed by atoms with E-state index in [1.54, 1.807) is 12.1 Å². The standard InChI is InChI=1S/C18H22FN5/c1-13-9-15(3)23(20-13)11-22(18-7-5-17(19)6-8-18)12-24-16(4)10-14(2)21-24/h5-10H,11-12H2,1-4H3. The molecular weight excluding hydrogens is 305 g/mol. The van der Waals surface area contributed by atoms with Crippen molar-refractivity contribution in [3.63, 3.8) is 0 Å². The van der Waals surface area contributed by atoms with Gasteiger partial charge >= 0.3 is 0 Å². The molecule has 0 aliphatic carbocycles. The Morgan fingerprint density at radius 1 is 0.833 bits per heavy atom. The fraction of sp³-hybridized carbons (Fsp3) is 0.333. The highest BCUT2D eigenvalue weighted by Crippen LogP contribution is 2.18. The predicted octanol–water partition coefficient (Wildman–Crippen LogP) is 3.57. The molecule has 0 fully saturated rings. The quantitative estimate of drug-likeness (QED) is 0.719. The van der Waals surface area contributed by atoms with Crippen molar-refractivity contribution in [3.8, 4) is 0 Å². The van der Waals surface area contributed by atoms with Crippen LogP contribution in [0, 0.1) is 33.5 Å². The molecule has 0 N–H and O–H groups in total. The first-order valence-corrected chi connectivity index (χ1v) is 7.95. The molecule has 0 aliphatic rings. The Labute approximate surface area is 141 Å². The summed E-state index contributed by atoms with van der Waals surface area (Å²) in [5.74, 6) is -0.240. The van der Waals surface area contributed by atoms with Gasteiger partial charge in [-0.15, -0.1) is 0 Å². The molecule has 24 heavy (non-hydrogen) atoms. The summed E-state index contributed by atoms with van der Waals surface area (Å²) in [5, 5.41) is 9.07. The largest absolute Gasteiger partial charge is 0.332 e. The van der Waals surface area contributed by atoms with Gasteiger partial charge < -0.3 is 4.90 Å². The van der Waals surface area contributed by atoms with Crippen molar-refractivity contribution in [2.75, 3.05) is 4.90 Å². The topological polar surface area (TPSA) is 38.9 Å². The van der Waals surface area contributed by atoms with E-state index in [0.717, 1.165) is 28.5 Å². The lowest BCUT2D eigenvalue weighted by atomic mass is 10.3. The molecule has 0 atom stereocenters. The Kier molecular flexibility index (Phi) is 4.38. The van der Waals surface area contributed by atoms with E-state index in [1.165, 1.54) is 12.1 Å². The Bertz CT molecular complexity index is 783. The van der Waals surface area contributed by atoms with Crippen molar-refractivity contribution in [3.05, 3.63) is 65.0 Å². The molecule has 3 rings (SSSR count). The maximum absolute atomic E-state index is 13.3. The summed E-state index contributed by atoms with van der Waals surface area (Å²) in [7, 11) is 0. The van der Waals surface area contributed by atoms with Crippen molar-refractivity contribution >= 4 is 5.69 Å². The van der Waals surface area contributed by atoms with Gasteiger partial charge in [-0.05, 0) is 64.1 Å². The summed E-state index contributed by atoms with van der Waals surface area (Å²) in [6.45, 7) is 9.17. The highest BCUT2D eigenvalue weighted by molar-refractivity contribution is 5.45. The summed E-state index contributed by atoms with van der Waals surface area (Å²) in [6.07, 6.45) is 0. The summed E-state index contributed by atoms with van der Waals surface area (Å²) in [6, 6.07) is 10.6. The lowest BCUT2D eigenvalue weighted by molar-refractivity contribution is 0.484. The van der Waals surface area contributed by atoms with Gasteiger partial charge in [-0.3, -0.25) is 0 Å². The number of aromatic nitrogens is 4. The van der Waals surface area contributed by atoms with E-state index in [0.29, 0.717) is 13.3 Å². The van der Waals surface area contributed by atoms with Crippen LogP contribution in [0.15, 0.2) is 36.4 Å². The van der Waals surface area contributed by atoms with Crippen LogP contribution in [0.3, 0.4) is 0 Å². The van der Waals surface area contributed by atoms with E-state index in [4.69, 9.17) is 0 Å². The highest BCUT2D eigenvalue weighted by Gasteiger charge is 2.13. The number of benzene rings is 1. The molecule has 2 heterocycles. The molecule has 6 heteroatoms. The zero-order valence-corrected chi connectivity index (χ0v) is 14.5. The van der Waals surface area contributed by atoms with Crippen LogP contribution in [-0.4, -0.2) is 19.6 Å². The van der Waals surface area contributed by atoms with Gasteiger partial charge in [0.25, 0.3) is 0 Å². The molecule has 3 aromatic rings. The van der Waals surface area contributed by atoms with Gasteiger partial charge in [0.2, 0.25) is 0 Å². The predicted molar refractivity (Wildman–Crippen MR) is 92.3 cm³/mol. The Balaban J connectivity index is 1.92. The number of hydrogen-bond acceptors (Lipinski definition) is 3. The minimum atomic E-state index is -0.240. The molecule has 0 saturated heterocycles. The Hall–Kier alpha value is -2.63. The lowest BCUT2D eigenvalue weighted by Crippen LogP contribution is -2.30. The van der Waals surface area contributed by atoms with E-state index in [9.17, 15) is 4.39 Å². The van der Waals surface area contributed by atoms with Crippen LogP contribution in [0.1, 0.15) is 22.8 Å². The minimum absolute atomic E-state index is 0.240. The van der Waals surface area contributed by atoms with Crippen LogP contribution in [0.4, 0.5) is 10.1 Å². The van der Waals surface area contributed by atoms with E-state index < -0.39 is 0 Å². The number of anilines is 1. The van der Waals surface area contributed by atoms with Crippen LogP contribution >= 0.6 is 0 Å². The third-order valence-corrected chi connectivity index (χ3v) is 4.01. The van der Waals surface area contributed by atoms with Gasteiger partial charge in [-0.25, -0.2) is 13.8 Å². The van der Waals surface area contributed by atoms with Crippen molar-refractivity contribution in [1.29, 1.82) is 0 Å². The van der Waals surface area contributed by atoms with Crippen molar-refractivity contribution in [1.82, 2.24) is 19.6 Å². The second-order valence-electron chi connectivity index (χ2n) is 6.15. The summed E-state index contributed by atoms with van der Waals surface area (Å²) >= 11 is 0. The van der Waals surface area contributed by atoms with Crippen LogP contribution in [0.25, 0.3) is 0 Å². The molecule has 0 saturated carbocycles. The van der Waals surface area contributed by atoms with Gasteiger partial charge in [0, 0.05) is 17.1 Å². The van der Waals surface area contributed by atoms with Gasteiger partial charge in [-0.1, -0.05) is 0 Å². The molecule has 5 nitrogen and oxygen atoms in total. The molecule has 126 valence electrons. The minimum Gasteiger partial charge on any atom is -0.332 e. The summed E-state index contributed by atoms with van der Waals surface area (Å²) in [4.78, 5) is 2.12. The van der Waals surface area contributed by atoms with E-state index >= 15 is 0 Å². The van der Waals surface area contributed by atoms with Crippen molar-refractivity contribution < 1.29 is 4.39 Å². The molecule has 0 aliphatic heterocycles. The first kappa shape index (κ1) is 16.2. The van der Waals surface area contributed by atoms with Gasteiger partial charge in [0.1, 0.15) is 19.2 Å². The summed E-state index contributed by atoms with van der Waals surface area (Å²) < 4.78 is 17.2. The van der Waals surface area contributed by atoms with E-state index in [-0.39, 0.29) is 5.82 Å². The molecule has 0 radical (unpaired) electrons.